The Bertz CT molecular complexity index is 369. The highest BCUT2D eigenvalue weighted by Gasteiger charge is 2.32. The number of nitrogens with zero attached hydrogens (tertiary/aromatic N) is 1. The third kappa shape index (κ3) is 1.36. The summed E-state index contributed by atoms with van der Waals surface area (Å²) in [6.07, 6.45) is 4.99. The lowest BCUT2D eigenvalue weighted by Gasteiger charge is -2.31. The van der Waals surface area contributed by atoms with E-state index in [-0.39, 0.29) is 0 Å². The van der Waals surface area contributed by atoms with Gasteiger partial charge in [-0.15, -0.1) is 0 Å². The molecule has 0 bridgehead atoms. The van der Waals surface area contributed by atoms with Gasteiger partial charge < -0.3 is 11.5 Å². The number of hydrogen-bond acceptors (Lipinski definition) is 3. The number of hydrogen-bond donors (Lipinski definition) is 2. The van der Waals surface area contributed by atoms with Crippen molar-refractivity contribution in [2.45, 2.75) is 11.7 Å². The van der Waals surface area contributed by atoms with E-state index >= 15 is 0 Å². The molecule has 1 heterocycles. The summed E-state index contributed by atoms with van der Waals surface area (Å²) in [6, 6.07) is 9.77. The van der Waals surface area contributed by atoms with Crippen LogP contribution >= 0.6 is 0 Å². The third-order valence-electron chi connectivity index (χ3n) is 2.47. The van der Waals surface area contributed by atoms with Crippen molar-refractivity contribution in [3.05, 3.63) is 48.0 Å². The smallest absolute Gasteiger partial charge is 0.123 e. The molecule has 1 aliphatic rings. The van der Waals surface area contributed by atoms with E-state index in [1.165, 1.54) is 0 Å². The molecule has 0 spiro atoms. The average Bonchev–Trinajstić information content (AvgIpc) is 2.24. The van der Waals surface area contributed by atoms with Crippen molar-refractivity contribution in [2.24, 2.45) is 16.5 Å². The lowest BCUT2D eigenvalue weighted by atomic mass is 9.87. The molecule has 4 N–H and O–H groups in total. The van der Waals surface area contributed by atoms with Gasteiger partial charge in [-0.3, -0.25) is 4.99 Å². The Balaban J connectivity index is 2.42. The highest BCUT2D eigenvalue weighted by Crippen LogP contribution is 2.24. The Labute approximate surface area is 83.1 Å². The van der Waals surface area contributed by atoms with Crippen LogP contribution in [-0.4, -0.2) is 12.4 Å². The summed E-state index contributed by atoms with van der Waals surface area (Å²) < 4.78 is 0. The van der Waals surface area contributed by atoms with Gasteiger partial charge in [-0.05, 0) is 11.6 Å². The predicted molar refractivity (Wildman–Crippen MR) is 57.9 cm³/mol. The molecule has 1 aromatic rings. The highest BCUT2D eigenvalue weighted by molar-refractivity contribution is 5.73. The number of nitrogens with two attached hydrogens (primary N) is 2. The second kappa shape index (κ2) is 3.36. The monoisotopic (exact) mass is 187 g/mol. The molecule has 3 heteroatoms. The van der Waals surface area contributed by atoms with Crippen molar-refractivity contribution < 1.29 is 0 Å². The van der Waals surface area contributed by atoms with Gasteiger partial charge >= 0.3 is 0 Å². The Morgan fingerprint density at radius 1 is 1.21 bits per heavy atom. The zero-order chi connectivity index (χ0) is 10.0. The topological polar surface area (TPSA) is 64.4 Å². The van der Waals surface area contributed by atoms with E-state index in [0.29, 0.717) is 0 Å². The number of benzene rings is 1. The molecule has 2 unspecified atom stereocenters. The van der Waals surface area contributed by atoms with E-state index < -0.39 is 11.7 Å². The van der Waals surface area contributed by atoms with Gasteiger partial charge in [0, 0.05) is 6.21 Å². The van der Waals surface area contributed by atoms with Crippen molar-refractivity contribution in [1.82, 2.24) is 0 Å². The van der Waals surface area contributed by atoms with Crippen molar-refractivity contribution in [3.8, 4) is 0 Å². The van der Waals surface area contributed by atoms with Gasteiger partial charge in [0.2, 0.25) is 0 Å². The summed E-state index contributed by atoms with van der Waals surface area (Å²) in [5.74, 6) is 0. The van der Waals surface area contributed by atoms with E-state index in [9.17, 15) is 0 Å². The molecule has 14 heavy (non-hydrogen) atoms. The molecule has 0 aliphatic carbocycles. The maximum absolute atomic E-state index is 6.20. The molecule has 0 amide bonds. The molecular weight excluding hydrogens is 174 g/mol. The second-order valence-electron chi connectivity index (χ2n) is 3.40. The SMILES string of the molecule is NC1N=CC=CC1(N)c1ccccc1. The van der Waals surface area contributed by atoms with E-state index in [2.05, 4.69) is 4.99 Å². The van der Waals surface area contributed by atoms with E-state index in [1.54, 1.807) is 6.21 Å². The molecule has 2 rings (SSSR count). The van der Waals surface area contributed by atoms with Crippen LogP contribution in [0.2, 0.25) is 0 Å². The lowest BCUT2D eigenvalue weighted by Crippen LogP contribution is -2.51. The first kappa shape index (κ1) is 9.12. The summed E-state index contributed by atoms with van der Waals surface area (Å²) in [6.45, 7) is 0. The van der Waals surface area contributed by atoms with Crippen molar-refractivity contribution in [1.29, 1.82) is 0 Å². The number of rotatable bonds is 1. The van der Waals surface area contributed by atoms with Crippen LogP contribution in [0.5, 0.6) is 0 Å². The summed E-state index contributed by atoms with van der Waals surface area (Å²) in [5, 5.41) is 0. The van der Waals surface area contributed by atoms with Gasteiger partial charge in [0.25, 0.3) is 0 Å². The molecule has 72 valence electrons. The predicted octanol–water partition coefficient (Wildman–Crippen LogP) is 0.766. The fourth-order valence-electron chi connectivity index (χ4n) is 1.56. The summed E-state index contributed by atoms with van der Waals surface area (Å²) in [4.78, 5) is 4.10. The molecular formula is C11H13N3. The van der Waals surface area contributed by atoms with Crippen LogP contribution in [0.25, 0.3) is 0 Å². The van der Waals surface area contributed by atoms with Gasteiger partial charge in [0.05, 0.1) is 5.54 Å². The minimum absolute atomic E-state index is 0.408. The van der Waals surface area contributed by atoms with Crippen LogP contribution < -0.4 is 11.5 Å². The zero-order valence-corrected chi connectivity index (χ0v) is 7.80. The first-order valence-electron chi connectivity index (χ1n) is 4.54. The largest absolute Gasteiger partial charge is 0.315 e. The molecule has 0 fully saturated rings. The van der Waals surface area contributed by atoms with E-state index in [0.717, 1.165) is 5.56 Å². The van der Waals surface area contributed by atoms with Crippen LogP contribution in [0.3, 0.4) is 0 Å². The van der Waals surface area contributed by atoms with Crippen LogP contribution in [0.4, 0.5) is 0 Å². The molecule has 0 radical (unpaired) electrons. The third-order valence-corrected chi connectivity index (χ3v) is 2.47. The summed E-state index contributed by atoms with van der Waals surface area (Å²) in [5.41, 5.74) is 12.4. The van der Waals surface area contributed by atoms with Crippen molar-refractivity contribution in [3.63, 3.8) is 0 Å². The number of aliphatic imine (C=N–C) groups is 1. The Morgan fingerprint density at radius 2 is 1.93 bits per heavy atom. The van der Waals surface area contributed by atoms with Crippen LogP contribution in [0, 0.1) is 0 Å². The van der Waals surface area contributed by atoms with Crippen LogP contribution in [0.1, 0.15) is 5.56 Å². The molecule has 0 aromatic heterocycles. The minimum Gasteiger partial charge on any atom is -0.315 e. The molecule has 1 aromatic carbocycles. The molecule has 0 saturated heterocycles. The van der Waals surface area contributed by atoms with Gasteiger partial charge in [0.15, 0.2) is 0 Å². The quantitative estimate of drug-likeness (QED) is 0.682. The van der Waals surface area contributed by atoms with Crippen LogP contribution in [0.15, 0.2) is 47.5 Å². The van der Waals surface area contributed by atoms with E-state index in [4.69, 9.17) is 11.5 Å². The molecule has 0 saturated carbocycles. The van der Waals surface area contributed by atoms with Crippen LogP contribution in [-0.2, 0) is 5.54 Å². The standard InChI is InChI=1S/C11H13N3/c12-10-11(13,7-4-8-14-10)9-5-2-1-3-6-9/h1-8,10H,12-13H2. The number of dihydropyridines is 1. The maximum atomic E-state index is 6.20. The average molecular weight is 187 g/mol. The zero-order valence-electron chi connectivity index (χ0n) is 7.80. The Morgan fingerprint density at radius 3 is 2.57 bits per heavy atom. The van der Waals surface area contributed by atoms with Gasteiger partial charge in [0.1, 0.15) is 6.17 Å². The van der Waals surface area contributed by atoms with Crippen molar-refractivity contribution in [2.75, 3.05) is 0 Å². The van der Waals surface area contributed by atoms with Gasteiger partial charge in [-0.2, -0.15) is 0 Å². The Hall–Kier alpha value is -1.45. The second-order valence-corrected chi connectivity index (χ2v) is 3.40. The molecule has 2 atom stereocenters. The summed E-state index contributed by atoms with van der Waals surface area (Å²) in [7, 11) is 0. The normalized spacial score (nSPS) is 30.6. The van der Waals surface area contributed by atoms with E-state index in [1.807, 2.05) is 42.5 Å². The van der Waals surface area contributed by atoms with Gasteiger partial charge in [-0.1, -0.05) is 36.4 Å². The maximum Gasteiger partial charge on any atom is 0.123 e. The van der Waals surface area contributed by atoms with Gasteiger partial charge in [-0.25, -0.2) is 0 Å². The highest BCUT2D eigenvalue weighted by atomic mass is 15.0. The summed E-state index contributed by atoms with van der Waals surface area (Å²) >= 11 is 0. The fraction of sp³-hybridized carbons (Fsp3) is 0.182. The number of allylic oxidation sites excluding steroid dienone is 1. The first-order chi connectivity index (χ1) is 6.73. The van der Waals surface area contributed by atoms with Crippen molar-refractivity contribution >= 4 is 6.21 Å². The molecule has 3 nitrogen and oxygen atoms in total. The minimum atomic E-state index is -0.671. The Kier molecular flexibility index (Phi) is 2.19. The fourth-order valence-corrected chi connectivity index (χ4v) is 1.56. The molecule has 1 aliphatic heterocycles. The lowest BCUT2D eigenvalue weighted by molar-refractivity contribution is 0.446. The first-order valence-corrected chi connectivity index (χ1v) is 4.54.